The number of ether oxygens (including phenoxy) is 1. The summed E-state index contributed by atoms with van der Waals surface area (Å²) in [5, 5.41) is 13.9. The number of nitrogens with one attached hydrogen (secondary N) is 4. The summed E-state index contributed by atoms with van der Waals surface area (Å²) < 4.78 is 5.45. The minimum absolute atomic E-state index is 0.513. The van der Waals surface area contributed by atoms with E-state index in [4.69, 9.17) is 29.2 Å². The van der Waals surface area contributed by atoms with Gasteiger partial charge in [-0.05, 0) is 53.8 Å². The largest absolute Gasteiger partial charge is 0.495 e. The standard InChI is InChI=1S/C23H24N4OS2/c1-28-21-13-12-19(26-22(29)24-15-17-8-4-2-5-9-17)14-20(21)27-23(30)25-16-18-10-6-3-7-11-18/h2-14H,15-16H2,1H3,(H2,24,26,29)(H2,25,27,30). The van der Waals surface area contributed by atoms with Gasteiger partial charge >= 0.3 is 0 Å². The molecule has 0 radical (unpaired) electrons. The summed E-state index contributed by atoms with van der Waals surface area (Å²) in [4.78, 5) is 0. The van der Waals surface area contributed by atoms with Gasteiger partial charge in [0.2, 0.25) is 0 Å². The smallest absolute Gasteiger partial charge is 0.171 e. The lowest BCUT2D eigenvalue weighted by Crippen LogP contribution is -2.29. The molecule has 0 bridgehead atoms. The van der Waals surface area contributed by atoms with Crippen molar-refractivity contribution in [2.75, 3.05) is 17.7 Å². The van der Waals surface area contributed by atoms with Crippen LogP contribution in [0.2, 0.25) is 0 Å². The maximum Gasteiger partial charge on any atom is 0.171 e. The Bertz CT molecular complexity index is 981. The fourth-order valence-corrected chi connectivity index (χ4v) is 3.15. The molecule has 0 saturated carbocycles. The molecule has 0 aliphatic carbocycles. The molecule has 0 saturated heterocycles. The summed E-state index contributed by atoms with van der Waals surface area (Å²) in [6.07, 6.45) is 0. The van der Waals surface area contributed by atoms with Gasteiger partial charge in [-0.1, -0.05) is 60.7 Å². The highest BCUT2D eigenvalue weighted by Gasteiger charge is 2.08. The number of benzene rings is 3. The SMILES string of the molecule is COc1ccc(NC(=S)NCc2ccccc2)cc1NC(=S)NCc1ccccc1. The van der Waals surface area contributed by atoms with Crippen LogP contribution in [0.3, 0.4) is 0 Å². The van der Waals surface area contributed by atoms with Gasteiger partial charge in [0.15, 0.2) is 10.2 Å². The van der Waals surface area contributed by atoms with E-state index in [1.807, 2.05) is 66.7 Å². The van der Waals surface area contributed by atoms with Crippen LogP contribution >= 0.6 is 24.4 Å². The molecular weight excluding hydrogens is 412 g/mol. The second-order valence-corrected chi connectivity index (χ2v) is 7.32. The predicted octanol–water partition coefficient (Wildman–Crippen LogP) is 4.67. The van der Waals surface area contributed by atoms with E-state index in [-0.39, 0.29) is 0 Å². The third-order valence-electron chi connectivity index (χ3n) is 4.30. The van der Waals surface area contributed by atoms with Crippen LogP contribution in [0.15, 0.2) is 78.9 Å². The summed E-state index contributed by atoms with van der Waals surface area (Å²) in [6, 6.07) is 25.9. The summed E-state index contributed by atoms with van der Waals surface area (Å²) in [7, 11) is 1.63. The summed E-state index contributed by atoms with van der Waals surface area (Å²) in [5.74, 6) is 0.688. The van der Waals surface area contributed by atoms with Crippen LogP contribution in [0, 0.1) is 0 Å². The first-order chi connectivity index (χ1) is 14.6. The zero-order valence-electron chi connectivity index (χ0n) is 16.6. The Hall–Kier alpha value is -3.16. The molecule has 0 spiro atoms. The number of hydrogen-bond donors (Lipinski definition) is 4. The molecule has 3 rings (SSSR count). The summed E-state index contributed by atoms with van der Waals surface area (Å²) in [5.41, 5.74) is 3.89. The number of thiocarbonyl (C=S) groups is 2. The average molecular weight is 437 g/mol. The molecule has 0 heterocycles. The van der Waals surface area contributed by atoms with E-state index in [0.717, 1.165) is 22.5 Å². The van der Waals surface area contributed by atoms with Crippen LogP contribution in [0.1, 0.15) is 11.1 Å². The van der Waals surface area contributed by atoms with Gasteiger partial charge in [0.25, 0.3) is 0 Å². The first-order valence-corrected chi connectivity index (χ1v) is 10.3. The third kappa shape index (κ3) is 6.72. The number of hydrogen-bond acceptors (Lipinski definition) is 3. The van der Waals surface area contributed by atoms with Crippen molar-refractivity contribution >= 4 is 46.0 Å². The lowest BCUT2D eigenvalue weighted by molar-refractivity contribution is 0.417. The van der Waals surface area contributed by atoms with E-state index in [0.29, 0.717) is 29.1 Å². The Balaban J connectivity index is 1.57. The first-order valence-electron chi connectivity index (χ1n) is 9.49. The quantitative estimate of drug-likeness (QED) is 0.402. The van der Waals surface area contributed by atoms with Crippen molar-refractivity contribution < 1.29 is 4.74 Å². The number of anilines is 2. The molecule has 0 aliphatic heterocycles. The maximum atomic E-state index is 5.45. The molecule has 154 valence electrons. The van der Waals surface area contributed by atoms with Crippen LogP contribution in [-0.4, -0.2) is 17.3 Å². The molecule has 3 aromatic rings. The third-order valence-corrected chi connectivity index (χ3v) is 4.79. The Labute approximate surface area is 187 Å². The molecule has 0 aromatic heterocycles. The average Bonchev–Trinajstić information content (AvgIpc) is 2.78. The molecule has 0 atom stereocenters. The lowest BCUT2D eigenvalue weighted by Gasteiger charge is -2.16. The van der Waals surface area contributed by atoms with Gasteiger partial charge in [-0.2, -0.15) is 0 Å². The van der Waals surface area contributed by atoms with Gasteiger partial charge in [-0.25, -0.2) is 0 Å². The van der Waals surface area contributed by atoms with Gasteiger partial charge in [-0.15, -0.1) is 0 Å². The van der Waals surface area contributed by atoms with E-state index in [9.17, 15) is 0 Å². The van der Waals surface area contributed by atoms with Crippen molar-refractivity contribution in [2.24, 2.45) is 0 Å². The number of rotatable bonds is 7. The zero-order valence-corrected chi connectivity index (χ0v) is 18.3. The van der Waals surface area contributed by atoms with Gasteiger partial charge in [-0.3, -0.25) is 0 Å². The predicted molar refractivity (Wildman–Crippen MR) is 132 cm³/mol. The molecule has 30 heavy (non-hydrogen) atoms. The van der Waals surface area contributed by atoms with Gasteiger partial charge in [0.1, 0.15) is 5.75 Å². The lowest BCUT2D eigenvalue weighted by atomic mass is 10.2. The Kier molecular flexibility index (Phi) is 8.00. The van der Waals surface area contributed by atoms with E-state index in [2.05, 4.69) is 33.4 Å². The fraction of sp³-hybridized carbons (Fsp3) is 0.130. The molecule has 0 aliphatic rings. The van der Waals surface area contributed by atoms with Crippen LogP contribution in [0.4, 0.5) is 11.4 Å². The second-order valence-electron chi connectivity index (χ2n) is 6.50. The van der Waals surface area contributed by atoms with Crippen LogP contribution in [-0.2, 0) is 13.1 Å². The Morgan fingerprint density at radius 2 is 1.27 bits per heavy atom. The van der Waals surface area contributed by atoms with Gasteiger partial charge in [0.05, 0.1) is 12.8 Å². The minimum Gasteiger partial charge on any atom is -0.495 e. The molecule has 3 aromatic carbocycles. The minimum atomic E-state index is 0.513. The normalized spacial score (nSPS) is 10.0. The van der Waals surface area contributed by atoms with Crippen molar-refractivity contribution in [3.05, 3.63) is 90.0 Å². The molecular formula is C23H24N4OS2. The van der Waals surface area contributed by atoms with E-state index in [1.54, 1.807) is 7.11 Å². The zero-order chi connectivity index (χ0) is 21.2. The monoisotopic (exact) mass is 436 g/mol. The summed E-state index contributed by atoms with van der Waals surface area (Å²) >= 11 is 10.8. The van der Waals surface area contributed by atoms with Gasteiger partial charge in [0, 0.05) is 18.8 Å². The van der Waals surface area contributed by atoms with Crippen LogP contribution in [0.25, 0.3) is 0 Å². The van der Waals surface area contributed by atoms with Crippen LogP contribution in [0.5, 0.6) is 5.75 Å². The maximum absolute atomic E-state index is 5.45. The Morgan fingerprint density at radius 3 is 1.80 bits per heavy atom. The second kappa shape index (κ2) is 11.1. The number of methoxy groups -OCH3 is 1. The van der Waals surface area contributed by atoms with Crippen LogP contribution < -0.4 is 26.0 Å². The van der Waals surface area contributed by atoms with Crippen molar-refractivity contribution in [1.29, 1.82) is 0 Å². The van der Waals surface area contributed by atoms with Crippen molar-refractivity contribution in [3.63, 3.8) is 0 Å². The Morgan fingerprint density at radius 1 is 0.733 bits per heavy atom. The first kappa shape index (κ1) is 21.5. The van der Waals surface area contributed by atoms with E-state index < -0.39 is 0 Å². The molecule has 7 heteroatoms. The molecule has 0 fully saturated rings. The van der Waals surface area contributed by atoms with Crippen molar-refractivity contribution in [1.82, 2.24) is 10.6 Å². The highest BCUT2D eigenvalue weighted by atomic mass is 32.1. The van der Waals surface area contributed by atoms with E-state index in [1.165, 1.54) is 0 Å². The molecule has 5 nitrogen and oxygen atoms in total. The molecule has 0 unspecified atom stereocenters. The van der Waals surface area contributed by atoms with Crippen molar-refractivity contribution in [3.8, 4) is 5.75 Å². The van der Waals surface area contributed by atoms with E-state index >= 15 is 0 Å². The molecule has 4 N–H and O–H groups in total. The summed E-state index contributed by atoms with van der Waals surface area (Å²) in [6.45, 7) is 1.29. The fourth-order valence-electron chi connectivity index (χ4n) is 2.78. The molecule has 0 amide bonds. The van der Waals surface area contributed by atoms with Crippen molar-refractivity contribution in [2.45, 2.75) is 13.1 Å². The highest BCUT2D eigenvalue weighted by Crippen LogP contribution is 2.27. The topological polar surface area (TPSA) is 57.4 Å². The van der Waals surface area contributed by atoms with Gasteiger partial charge < -0.3 is 26.0 Å². The highest BCUT2D eigenvalue weighted by molar-refractivity contribution is 7.80.